The third kappa shape index (κ3) is 5.79. The molecule has 0 amide bonds. The predicted molar refractivity (Wildman–Crippen MR) is 70.7 cm³/mol. The van der Waals surface area contributed by atoms with E-state index < -0.39 is 0 Å². The van der Waals surface area contributed by atoms with Crippen LogP contribution in [-0.2, 0) is 0 Å². The van der Waals surface area contributed by atoms with E-state index in [0.29, 0.717) is 5.41 Å². The quantitative estimate of drug-likeness (QED) is 0.684. The zero-order chi connectivity index (χ0) is 11.1. The van der Waals surface area contributed by atoms with E-state index in [1.807, 2.05) is 0 Å². The number of hydrogen-bond acceptors (Lipinski definition) is 3. The van der Waals surface area contributed by atoms with Crippen LogP contribution in [0.3, 0.4) is 0 Å². The second-order valence-electron chi connectivity index (χ2n) is 5.21. The molecule has 1 aliphatic rings. The van der Waals surface area contributed by atoms with E-state index in [9.17, 15) is 0 Å². The van der Waals surface area contributed by atoms with Crippen molar-refractivity contribution < 1.29 is 0 Å². The molecule has 1 atom stereocenters. The lowest BCUT2D eigenvalue weighted by Crippen LogP contribution is -2.40. The lowest BCUT2D eigenvalue weighted by Gasteiger charge is -2.26. The Bertz CT molecular complexity index is 165. The van der Waals surface area contributed by atoms with Gasteiger partial charge in [0.1, 0.15) is 0 Å². The molecule has 0 aromatic rings. The highest BCUT2D eigenvalue weighted by Crippen LogP contribution is 2.17. The van der Waals surface area contributed by atoms with Crippen LogP contribution in [0.1, 0.15) is 33.6 Å². The lowest BCUT2D eigenvalue weighted by atomic mass is 9.90. The van der Waals surface area contributed by atoms with Crippen LogP contribution in [0.15, 0.2) is 0 Å². The molecule has 0 aromatic heterocycles. The molecule has 3 heteroatoms. The fraction of sp³-hybridized carbons (Fsp3) is 1.00. The molecule has 1 aliphatic heterocycles. The summed E-state index contributed by atoms with van der Waals surface area (Å²) in [5, 5.41) is 7.14. The van der Waals surface area contributed by atoms with Crippen molar-refractivity contribution in [1.82, 2.24) is 10.6 Å². The smallest absolute Gasteiger partial charge is 0.0170 e. The van der Waals surface area contributed by atoms with Gasteiger partial charge in [0.2, 0.25) is 0 Å². The maximum atomic E-state index is 3.57. The van der Waals surface area contributed by atoms with Gasteiger partial charge in [-0.05, 0) is 24.8 Å². The van der Waals surface area contributed by atoms with Gasteiger partial charge in [-0.15, -0.1) is 0 Å². The Kier molecular flexibility index (Phi) is 6.02. The van der Waals surface area contributed by atoms with Crippen molar-refractivity contribution >= 4 is 11.8 Å². The van der Waals surface area contributed by atoms with Crippen LogP contribution in [0.2, 0.25) is 0 Å². The monoisotopic (exact) mass is 230 g/mol. The van der Waals surface area contributed by atoms with Gasteiger partial charge in [-0.2, -0.15) is 11.8 Å². The Morgan fingerprint density at radius 3 is 2.87 bits per heavy atom. The number of nitrogens with one attached hydrogen (secondary N) is 2. The minimum Gasteiger partial charge on any atom is -0.316 e. The fourth-order valence-electron chi connectivity index (χ4n) is 1.63. The van der Waals surface area contributed by atoms with E-state index in [-0.39, 0.29) is 0 Å². The normalized spacial score (nSPS) is 23.0. The van der Waals surface area contributed by atoms with Crippen molar-refractivity contribution in [2.24, 2.45) is 5.41 Å². The third-order valence-corrected chi connectivity index (χ3v) is 4.36. The Hall–Kier alpha value is 0.270. The molecule has 2 N–H and O–H groups in total. The van der Waals surface area contributed by atoms with E-state index in [2.05, 4.69) is 43.2 Å². The molecule has 0 saturated carbocycles. The summed E-state index contributed by atoms with van der Waals surface area (Å²) in [5.74, 6) is 2.58. The van der Waals surface area contributed by atoms with Crippen LogP contribution in [0.25, 0.3) is 0 Å². The van der Waals surface area contributed by atoms with Gasteiger partial charge in [0.05, 0.1) is 0 Å². The van der Waals surface area contributed by atoms with Crippen LogP contribution in [0.5, 0.6) is 0 Å². The van der Waals surface area contributed by atoms with Crippen LogP contribution in [-0.4, -0.2) is 37.2 Å². The third-order valence-electron chi connectivity index (χ3n) is 3.23. The maximum Gasteiger partial charge on any atom is 0.0170 e. The summed E-state index contributed by atoms with van der Waals surface area (Å²) < 4.78 is 0. The first kappa shape index (κ1) is 13.3. The van der Waals surface area contributed by atoms with Crippen molar-refractivity contribution in [3.05, 3.63) is 0 Å². The van der Waals surface area contributed by atoms with Gasteiger partial charge in [0, 0.05) is 30.6 Å². The molecule has 0 radical (unpaired) electrons. The van der Waals surface area contributed by atoms with Gasteiger partial charge in [0.15, 0.2) is 0 Å². The van der Waals surface area contributed by atoms with Crippen molar-refractivity contribution in [3.8, 4) is 0 Å². The van der Waals surface area contributed by atoms with Gasteiger partial charge in [-0.3, -0.25) is 0 Å². The van der Waals surface area contributed by atoms with Gasteiger partial charge in [-0.25, -0.2) is 0 Å². The van der Waals surface area contributed by atoms with Gasteiger partial charge < -0.3 is 10.6 Å². The number of thioether (sulfide) groups is 1. The first-order valence-electron chi connectivity index (χ1n) is 6.16. The molecule has 1 unspecified atom stereocenters. The molecule has 1 fully saturated rings. The minimum atomic E-state index is 0.453. The highest BCUT2D eigenvalue weighted by atomic mass is 32.2. The second kappa shape index (κ2) is 6.77. The summed E-state index contributed by atoms with van der Waals surface area (Å²) in [7, 11) is 0. The fourth-order valence-corrected chi connectivity index (χ4v) is 2.63. The molecule has 90 valence electrons. The molecular weight excluding hydrogens is 204 g/mol. The first-order chi connectivity index (χ1) is 7.14. The molecule has 1 heterocycles. The summed E-state index contributed by atoms with van der Waals surface area (Å²) in [6.07, 6.45) is 2.52. The van der Waals surface area contributed by atoms with Crippen molar-refractivity contribution in [2.75, 3.05) is 31.1 Å². The minimum absolute atomic E-state index is 0.453. The van der Waals surface area contributed by atoms with Gasteiger partial charge in [0.25, 0.3) is 0 Å². The standard InChI is InChI=1S/C12H26N2S/c1-4-12(2,3)10-13-6-5-11-9-15-8-7-14-11/h11,13-14H,4-10H2,1-3H3. The topological polar surface area (TPSA) is 24.1 Å². The van der Waals surface area contributed by atoms with E-state index in [1.54, 1.807) is 0 Å². The second-order valence-corrected chi connectivity index (χ2v) is 6.36. The van der Waals surface area contributed by atoms with Crippen LogP contribution < -0.4 is 10.6 Å². The van der Waals surface area contributed by atoms with Crippen molar-refractivity contribution in [1.29, 1.82) is 0 Å². The van der Waals surface area contributed by atoms with Crippen LogP contribution in [0, 0.1) is 5.41 Å². The summed E-state index contributed by atoms with van der Waals surface area (Å²) in [6, 6.07) is 0.737. The molecule has 0 aromatic carbocycles. The molecule has 1 saturated heterocycles. The van der Waals surface area contributed by atoms with Crippen LogP contribution in [0.4, 0.5) is 0 Å². The Balaban J connectivity index is 2.00. The van der Waals surface area contributed by atoms with Crippen molar-refractivity contribution in [3.63, 3.8) is 0 Å². The summed E-state index contributed by atoms with van der Waals surface area (Å²) in [5.41, 5.74) is 0.453. The molecular formula is C12H26N2S. The summed E-state index contributed by atoms with van der Waals surface area (Å²) in [4.78, 5) is 0. The molecule has 1 rings (SSSR count). The molecule has 0 bridgehead atoms. The zero-order valence-electron chi connectivity index (χ0n) is 10.4. The van der Waals surface area contributed by atoms with E-state index >= 15 is 0 Å². The Labute approximate surface area is 99.0 Å². The highest BCUT2D eigenvalue weighted by Gasteiger charge is 2.15. The molecule has 0 spiro atoms. The Morgan fingerprint density at radius 1 is 1.47 bits per heavy atom. The van der Waals surface area contributed by atoms with Gasteiger partial charge in [-0.1, -0.05) is 20.8 Å². The highest BCUT2D eigenvalue weighted by molar-refractivity contribution is 7.99. The SMILES string of the molecule is CCC(C)(C)CNCCC1CSCCN1. The Morgan fingerprint density at radius 2 is 2.27 bits per heavy atom. The van der Waals surface area contributed by atoms with E-state index in [0.717, 1.165) is 19.1 Å². The lowest BCUT2D eigenvalue weighted by molar-refractivity contribution is 0.324. The predicted octanol–water partition coefficient (Wildman–Crippen LogP) is 2.11. The first-order valence-corrected chi connectivity index (χ1v) is 7.31. The average molecular weight is 230 g/mol. The summed E-state index contributed by atoms with van der Waals surface area (Å²) in [6.45, 7) is 10.4. The van der Waals surface area contributed by atoms with E-state index in [1.165, 1.54) is 30.9 Å². The molecule has 2 nitrogen and oxygen atoms in total. The maximum absolute atomic E-state index is 3.57. The average Bonchev–Trinajstić information content (AvgIpc) is 2.26. The molecule has 0 aliphatic carbocycles. The van der Waals surface area contributed by atoms with Crippen molar-refractivity contribution in [2.45, 2.75) is 39.7 Å². The largest absolute Gasteiger partial charge is 0.316 e. The van der Waals surface area contributed by atoms with Gasteiger partial charge >= 0.3 is 0 Å². The van der Waals surface area contributed by atoms with E-state index in [4.69, 9.17) is 0 Å². The van der Waals surface area contributed by atoms with Crippen LogP contribution >= 0.6 is 11.8 Å². The number of hydrogen-bond donors (Lipinski definition) is 2. The number of rotatable bonds is 6. The zero-order valence-corrected chi connectivity index (χ0v) is 11.3. The molecule has 15 heavy (non-hydrogen) atoms. The summed E-state index contributed by atoms with van der Waals surface area (Å²) >= 11 is 2.08.